The van der Waals surface area contributed by atoms with Gasteiger partial charge >= 0.3 is 0 Å². The third kappa shape index (κ3) is 3.51. The molecule has 2 rings (SSSR count). The van der Waals surface area contributed by atoms with E-state index in [4.69, 9.17) is 11.6 Å². The number of hydrogen-bond acceptors (Lipinski definition) is 2. The Kier molecular flexibility index (Phi) is 4.69. The second-order valence-electron chi connectivity index (χ2n) is 6.68. The molecule has 1 heterocycles. The lowest BCUT2D eigenvalue weighted by Gasteiger charge is -2.40. The van der Waals surface area contributed by atoms with Crippen molar-refractivity contribution in [1.29, 1.82) is 0 Å². The fraction of sp³-hybridized carbons (Fsp3) is 0.625. The minimum absolute atomic E-state index is 0.107. The maximum Gasteiger partial charge on any atom is 0.254 e. The lowest BCUT2D eigenvalue weighted by Crippen LogP contribution is -2.46. The van der Waals surface area contributed by atoms with Gasteiger partial charge in [-0.25, -0.2) is 4.98 Å². The zero-order valence-electron chi connectivity index (χ0n) is 12.4. The van der Waals surface area contributed by atoms with Gasteiger partial charge in [0.05, 0.1) is 5.56 Å². The first-order valence-electron chi connectivity index (χ1n) is 7.31. The van der Waals surface area contributed by atoms with Gasteiger partial charge in [-0.1, -0.05) is 45.2 Å². The van der Waals surface area contributed by atoms with Crippen LogP contribution in [0.1, 0.15) is 56.8 Å². The fourth-order valence-corrected chi connectivity index (χ4v) is 3.35. The molecule has 0 bridgehead atoms. The molecule has 1 aliphatic rings. The third-order valence-corrected chi connectivity index (χ3v) is 4.50. The van der Waals surface area contributed by atoms with Crippen LogP contribution >= 0.6 is 11.6 Å². The van der Waals surface area contributed by atoms with Gasteiger partial charge in [-0.15, -0.1) is 0 Å². The standard InChI is InChI=1S/C16H23ClN2O/c1-16(2,3)12-8-4-5-9-13(12)19-15(20)11-7-6-10-18-14(11)17/h6-7,10,12-13H,4-5,8-9H2,1-3H3,(H,19,20). The summed E-state index contributed by atoms with van der Waals surface area (Å²) >= 11 is 5.99. The molecule has 2 atom stereocenters. The summed E-state index contributed by atoms with van der Waals surface area (Å²) in [6.07, 6.45) is 6.25. The van der Waals surface area contributed by atoms with Crippen molar-refractivity contribution in [1.82, 2.24) is 10.3 Å². The minimum Gasteiger partial charge on any atom is -0.349 e. The van der Waals surface area contributed by atoms with E-state index in [0.717, 1.165) is 6.42 Å². The van der Waals surface area contributed by atoms with Gasteiger partial charge in [-0.3, -0.25) is 4.79 Å². The molecule has 1 amide bonds. The number of hydrogen-bond donors (Lipinski definition) is 1. The number of carbonyl (C=O) groups excluding carboxylic acids is 1. The van der Waals surface area contributed by atoms with E-state index in [2.05, 4.69) is 31.1 Å². The van der Waals surface area contributed by atoms with Crippen LogP contribution in [0, 0.1) is 11.3 Å². The van der Waals surface area contributed by atoms with Gasteiger partial charge in [0, 0.05) is 12.2 Å². The van der Waals surface area contributed by atoms with E-state index in [1.54, 1.807) is 18.3 Å². The van der Waals surface area contributed by atoms with Crippen LogP contribution in [-0.2, 0) is 0 Å². The van der Waals surface area contributed by atoms with Crippen LogP contribution in [0.2, 0.25) is 5.15 Å². The molecule has 1 aliphatic carbocycles. The van der Waals surface area contributed by atoms with E-state index in [1.165, 1.54) is 19.3 Å². The SMILES string of the molecule is CC(C)(C)C1CCCCC1NC(=O)c1cccnc1Cl. The van der Waals surface area contributed by atoms with Crippen LogP contribution in [0.15, 0.2) is 18.3 Å². The van der Waals surface area contributed by atoms with Crippen molar-refractivity contribution in [2.75, 3.05) is 0 Å². The number of rotatable bonds is 2. The second kappa shape index (κ2) is 6.13. The molecule has 1 aromatic rings. The second-order valence-corrected chi connectivity index (χ2v) is 7.04. The Bertz CT molecular complexity index is 482. The van der Waals surface area contributed by atoms with Gasteiger partial charge in [0.2, 0.25) is 0 Å². The van der Waals surface area contributed by atoms with E-state index in [0.29, 0.717) is 11.5 Å². The van der Waals surface area contributed by atoms with Crippen LogP contribution in [0.3, 0.4) is 0 Å². The van der Waals surface area contributed by atoms with E-state index in [-0.39, 0.29) is 22.5 Å². The number of nitrogens with zero attached hydrogens (tertiary/aromatic N) is 1. The number of nitrogens with one attached hydrogen (secondary N) is 1. The van der Waals surface area contributed by atoms with Crippen molar-refractivity contribution in [3.63, 3.8) is 0 Å². The highest BCUT2D eigenvalue weighted by Crippen LogP contribution is 2.38. The summed E-state index contributed by atoms with van der Waals surface area (Å²) in [7, 11) is 0. The molecule has 1 fully saturated rings. The Morgan fingerprint density at radius 3 is 2.70 bits per heavy atom. The normalized spacial score (nSPS) is 23.4. The molecule has 2 unspecified atom stereocenters. The summed E-state index contributed by atoms with van der Waals surface area (Å²) in [4.78, 5) is 16.3. The molecule has 0 aromatic carbocycles. The highest BCUT2D eigenvalue weighted by Gasteiger charge is 2.35. The predicted octanol–water partition coefficient (Wildman–Crippen LogP) is 4.07. The summed E-state index contributed by atoms with van der Waals surface area (Å²) in [5.41, 5.74) is 0.671. The van der Waals surface area contributed by atoms with Crippen LogP contribution < -0.4 is 5.32 Å². The largest absolute Gasteiger partial charge is 0.349 e. The molecule has 1 N–H and O–H groups in total. The van der Waals surface area contributed by atoms with E-state index in [9.17, 15) is 4.79 Å². The Labute approximate surface area is 126 Å². The van der Waals surface area contributed by atoms with Gasteiger partial charge < -0.3 is 5.32 Å². The van der Waals surface area contributed by atoms with E-state index >= 15 is 0 Å². The summed E-state index contributed by atoms with van der Waals surface area (Å²) in [5.74, 6) is 0.403. The predicted molar refractivity (Wildman–Crippen MR) is 81.9 cm³/mol. The lowest BCUT2D eigenvalue weighted by atomic mass is 9.69. The Morgan fingerprint density at radius 1 is 1.35 bits per heavy atom. The molecule has 0 radical (unpaired) electrons. The lowest BCUT2D eigenvalue weighted by molar-refractivity contribution is 0.0830. The Balaban J connectivity index is 2.11. The van der Waals surface area contributed by atoms with Crippen molar-refractivity contribution in [3.05, 3.63) is 29.0 Å². The Hall–Kier alpha value is -1.09. The van der Waals surface area contributed by atoms with Gasteiger partial charge in [-0.05, 0) is 36.3 Å². The molecule has 4 heteroatoms. The van der Waals surface area contributed by atoms with Gasteiger partial charge in [0.15, 0.2) is 0 Å². The zero-order chi connectivity index (χ0) is 14.8. The van der Waals surface area contributed by atoms with Crippen LogP contribution in [0.5, 0.6) is 0 Å². The Morgan fingerprint density at radius 2 is 2.05 bits per heavy atom. The maximum absolute atomic E-state index is 12.4. The van der Waals surface area contributed by atoms with Crippen molar-refractivity contribution in [3.8, 4) is 0 Å². The summed E-state index contributed by atoms with van der Waals surface area (Å²) < 4.78 is 0. The third-order valence-electron chi connectivity index (χ3n) is 4.20. The highest BCUT2D eigenvalue weighted by atomic mass is 35.5. The monoisotopic (exact) mass is 294 g/mol. The molecule has 110 valence electrons. The number of aromatic nitrogens is 1. The van der Waals surface area contributed by atoms with Crippen LogP contribution in [-0.4, -0.2) is 16.9 Å². The average Bonchev–Trinajstić information content (AvgIpc) is 2.38. The minimum atomic E-state index is -0.107. The molecular formula is C16H23ClN2O. The highest BCUT2D eigenvalue weighted by molar-refractivity contribution is 6.32. The van der Waals surface area contributed by atoms with Crippen molar-refractivity contribution < 1.29 is 4.79 Å². The van der Waals surface area contributed by atoms with Crippen LogP contribution in [0.4, 0.5) is 0 Å². The number of halogens is 1. The molecule has 0 saturated heterocycles. The number of pyridine rings is 1. The number of carbonyl (C=O) groups is 1. The zero-order valence-corrected chi connectivity index (χ0v) is 13.2. The van der Waals surface area contributed by atoms with Gasteiger partial charge in [-0.2, -0.15) is 0 Å². The molecule has 1 saturated carbocycles. The van der Waals surface area contributed by atoms with Crippen LogP contribution in [0.25, 0.3) is 0 Å². The van der Waals surface area contributed by atoms with E-state index < -0.39 is 0 Å². The van der Waals surface area contributed by atoms with Crippen molar-refractivity contribution >= 4 is 17.5 Å². The molecule has 3 nitrogen and oxygen atoms in total. The van der Waals surface area contributed by atoms with E-state index in [1.807, 2.05) is 0 Å². The van der Waals surface area contributed by atoms with Gasteiger partial charge in [0.1, 0.15) is 5.15 Å². The first kappa shape index (κ1) is 15.3. The fourth-order valence-electron chi connectivity index (χ4n) is 3.14. The summed E-state index contributed by atoms with van der Waals surface area (Å²) in [5, 5.41) is 3.44. The first-order valence-corrected chi connectivity index (χ1v) is 7.69. The summed E-state index contributed by atoms with van der Waals surface area (Å²) in [6.45, 7) is 6.75. The van der Waals surface area contributed by atoms with Gasteiger partial charge in [0.25, 0.3) is 5.91 Å². The molecule has 1 aromatic heterocycles. The molecular weight excluding hydrogens is 272 g/mol. The maximum atomic E-state index is 12.4. The van der Waals surface area contributed by atoms with Crippen molar-refractivity contribution in [2.24, 2.45) is 11.3 Å². The molecule has 0 spiro atoms. The average molecular weight is 295 g/mol. The quantitative estimate of drug-likeness (QED) is 0.836. The summed E-state index contributed by atoms with van der Waals surface area (Å²) in [6, 6.07) is 3.69. The molecule has 0 aliphatic heterocycles. The number of amides is 1. The first-order chi connectivity index (χ1) is 9.39. The topological polar surface area (TPSA) is 42.0 Å². The smallest absolute Gasteiger partial charge is 0.254 e. The molecule has 20 heavy (non-hydrogen) atoms. The van der Waals surface area contributed by atoms with Crippen molar-refractivity contribution in [2.45, 2.75) is 52.5 Å².